The maximum atomic E-state index is 14.0. The first-order chi connectivity index (χ1) is 18.8. The second kappa shape index (κ2) is 11.6. The molecule has 0 radical (unpaired) electrons. The Balaban J connectivity index is 1.41. The number of nitrogens with one attached hydrogen (secondary N) is 2. The summed E-state index contributed by atoms with van der Waals surface area (Å²) in [6.07, 6.45) is 8.94. The number of hydrogen-bond donors (Lipinski definition) is 2. The minimum atomic E-state index is -1.15. The van der Waals surface area contributed by atoms with Crippen molar-refractivity contribution in [3.8, 4) is 0 Å². The predicted octanol–water partition coefficient (Wildman–Crippen LogP) is 3.87. The third-order valence-electron chi connectivity index (χ3n) is 9.19. The molecular weight excluding hydrogens is 514 g/mol. The van der Waals surface area contributed by atoms with Crippen molar-refractivity contribution in [2.24, 2.45) is 23.7 Å². The van der Waals surface area contributed by atoms with Gasteiger partial charge in [0, 0.05) is 36.4 Å². The highest BCUT2D eigenvalue weighted by Crippen LogP contribution is 2.55. The van der Waals surface area contributed by atoms with E-state index in [-0.39, 0.29) is 23.8 Å². The number of hydrogen-bond acceptors (Lipinski definition) is 6. The molecule has 8 nitrogen and oxygen atoms in total. The normalized spacial score (nSPS) is 34.8. The third kappa shape index (κ3) is 5.13. The van der Waals surface area contributed by atoms with Crippen LogP contribution in [0.15, 0.2) is 41.3 Å². The molecule has 3 fully saturated rings. The van der Waals surface area contributed by atoms with Crippen molar-refractivity contribution < 1.29 is 23.9 Å². The summed E-state index contributed by atoms with van der Waals surface area (Å²) in [6.45, 7) is 7.83. The summed E-state index contributed by atoms with van der Waals surface area (Å²) in [5.41, 5.74) is -0.467. The highest BCUT2D eigenvalue weighted by molar-refractivity contribution is 7.98. The number of benzene rings is 1. The molecular formula is C30H41N3O5S. The van der Waals surface area contributed by atoms with Gasteiger partial charge in [-0.25, -0.2) is 0 Å². The number of likely N-dealkylation sites (tertiary alicyclic amines) is 1. The number of amides is 3. The zero-order valence-electron chi connectivity index (χ0n) is 23.4. The Hall–Kier alpha value is -2.36. The molecule has 212 valence electrons. The lowest BCUT2D eigenvalue weighted by Gasteiger charge is -2.38. The van der Waals surface area contributed by atoms with Gasteiger partial charge < -0.3 is 25.0 Å². The van der Waals surface area contributed by atoms with E-state index in [9.17, 15) is 14.4 Å². The van der Waals surface area contributed by atoms with Gasteiger partial charge in [-0.3, -0.25) is 14.4 Å². The maximum absolute atomic E-state index is 14.0. The zero-order valence-corrected chi connectivity index (χ0v) is 24.2. The summed E-state index contributed by atoms with van der Waals surface area (Å²) in [6, 6.07) is 6.88. The third-order valence-corrected chi connectivity index (χ3v) is 9.91. The number of rotatable bonds is 10. The van der Waals surface area contributed by atoms with Gasteiger partial charge in [-0.1, -0.05) is 44.9 Å². The summed E-state index contributed by atoms with van der Waals surface area (Å²) >= 11 is 1.60. The highest BCUT2D eigenvalue weighted by Gasteiger charge is 2.72. The van der Waals surface area contributed by atoms with Crippen molar-refractivity contribution in [3.05, 3.63) is 36.4 Å². The van der Waals surface area contributed by atoms with E-state index in [0.29, 0.717) is 43.7 Å². The first-order valence-electron chi connectivity index (χ1n) is 14.3. The minimum absolute atomic E-state index is 0.0578. The van der Waals surface area contributed by atoms with Crippen LogP contribution in [-0.2, 0) is 23.9 Å². The van der Waals surface area contributed by atoms with Gasteiger partial charge in [0.15, 0.2) is 0 Å². The Morgan fingerprint density at radius 3 is 2.82 bits per heavy atom. The molecule has 1 aromatic carbocycles. The van der Waals surface area contributed by atoms with E-state index >= 15 is 0 Å². The van der Waals surface area contributed by atoms with Gasteiger partial charge in [0.1, 0.15) is 11.6 Å². The molecule has 2 saturated heterocycles. The Labute approximate surface area is 235 Å². The number of carbonyl (C=O) groups excluding carboxylic acids is 3. The van der Waals surface area contributed by atoms with Crippen LogP contribution >= 0.6 is 11.8 Å². The first kappa shape index (κ1) is 28.2. The van der Waals surface area contributed by atoms with E-state index in [1.807, 2.05) is 49.6 Å². The monoisotopic (exact) mass is 555 g/mol. The summed E-state index contributed by atoms with van der Waals surface area (Å²) in [5.74, 6) is -1.21. The van der Waals surface area contributed by atoms with Crippen molar-refractivity contribution in [1.82, 2.24) is 10.2 Å². The number of anilines is 1. The molecule has 0 aromatic heterocycles. The number of nitrogens with zero attached hydrogens (tertiary/aromatic N) is 1. The van der Waals surface area contributed by atoms with Crippen molar-refractivity contribution in [1.29, 1.82) is 0 Å². The van der Waals surface area contributed by atoms with Crippen LogP contribution in [0.1, 0.15) is 46.5 Å². The smallest absolute Gasteiger partial charge is 0.246 e. The van der Waals surface area contributed by atoms with E-state index < -0.39 is 29.6 Å². The molecule has 9 heteroatoms. The molecule has 3 heterocycles. The molecule has 1 aromatic rings. The zero-order chi connectivity index (χ0) is 27.7. The predicted molar refractivity (Wildman–Crippen MR) is 151 cm³/mol. The Morgan fingerprint density at radius 1 is 1.23 bits per heavy atom. The molecule has 1 spiro atoms. The van der Waals surface area contributed by atoms with Gasteiger partial charge in [0.2, 0.25) is 17.7 Å². The van der Waals surface area contributed by atoms with E-state index in [2.05, 4.69) is 24.5 Å². The maximum Gasteiger partial charge on any atom is 0.246 e. The standard InChI is InChI=1S/C30H41N3O5S/c1-5-37-16-8-15-33-26(28(35)32-22-12-6-9-18(2)19(22)3)30-14-13-23(38-30)24(25(30)29(33)36)27(34)31-20-10-7-11-21(17-20)39-4/h7,10-11,13-14,17-19,22-26H,5-6,8-9,12,15-16H2,1-4H3,(H,31,34)(H,32,35)/t18-,19-,22-,23+,24-,25+,26+,30+/m1/s1. The second-order valence-corrected chi connectivity index (χ2v) is 12.3. The first-order valence-corrected chi connectivity index (χ1v) is 15.5. The fourth-order valence-electron chi connectivity index (χ4n) is 6.96. The summed E-state index contributed by atoms with van der Waals surface area (Å²) in [4.78, 5) is 44.4. The lowest BCUT2D eigenvalue weighted by atomic mass is 9.73. The summed E-state index contributed by atoms with van der Waals surface area (Å²) in [7, 11) is 0. The highest BCUT2D eigenvalue weighted by atomic mass is 32.2. The van der Waals surface area contributed by atoms with Gasteiger partial charge in [-0.2, -0.15) is 0 Å². The molecule has 4 aliphatic rings. The second-order valence-electron chi connectivity index (χ2n) is 11.4. The molecule has 1 saturated carbocycles. The van der Waals surface area contributed by atoms with Gasteiger partial charge in [0.25, 0.3) is 0 Å². The fourth-order valence-corrected chi connectivity index (χ4v) is 7.42. The van der Waals surface area contributed by atoms with Crippen molar-refractivity contribution in [3.63, 3.8) is 0 Å². The molecule has 39 heavy (non-hydrogen) atoms. The number of thioether (sulfide) groups is 1. The van der Waals surface area contributed by atoms with Gasteiger partial charge in [-0.15, -0.1) is 11.8 Å². The van der Waals surface area contributed by atoms with Crippen molar-refractivity contribution >= 4 is 35.2 Å². The van der Waals surface area contributed by atoms with Crippen LogP contribution in [0.4, 0.5) is 5.69 Å². The number of fused-ring (bicyclic) bond motifs is 1. The molecule has 0 unspecified atom stereocenters. The van der Waals surface area contributed by atoms with Crippen LogP contribution in [-0.4, -0.2) is 72.4 Å². The molecule has 2 bridgehead atoms. The molecule has 8 atom stereocenters. The fraction of sp³-hybridized carbons (Fsp3) is 0.633. The summed E-state index contributed by atoms with van der Waals surface area (Å²) < 4.78 is 12.0. The van der Waals surface area contributed by atoms with Crippen LogP contribution in [0, 0.1) is 23.7 Å². The lowest BCUT2D eigenvalue weighted by molar-refractivity contribution is -0.141. The van der Waals surface area contributed by atoms with Crippen molar-refractivity contribution in [2.75, 3.05) is 31.3 Å². The van der Waals surface area contributed by atoms with Crippen LogP contribution in [0.5, 0.6) is 0 Å². The molecule has 5 rings (SSSR count). The average Bonchev–Trinajstić information content (AvgIpc) is 3.56. The molecule has 3 aliphatic heterocycles. The number of carbonyl (C=O) groups is 3. The van der Waals surface area contributed by atoms with Crippen molar-refractivity contribution in [2.45, 2.75) is 75.1 Å². The van der Waals surface area contributed by atoms with Gasteiger partial charge >= 0.3 is 0 Å². The molecule has 1 aliphatic carbocycles. The quantitative estimate of drug-likeness (QED) is 0.259. The van der Waals surface area contributed by atoms with E-state index in [1.165, 1.54) is 0 Å². The minimum Gasteiger partial charge on any atom is -0.382 e. The van der Waals surface area contributed by atoms with Crippen LogP contribution in [0.25, 0.3) is 0 Å². The van der Waals surface area contributed by atoms with Crippen LogP contribution < -0.4 is 10.6 Å². The van der Waals surface area contributed by atoms with Gasteiger partial charge in [-0.05, 0) is 56.1 Å². The van der Waals surface area contributed by atoms with E-state index in [1.54, 1.807) is 16.7 Å². The van der Waals surface area contributed by atoms with E-state index in [0.717, 1.165) is 24.2 Å². The average molecular weight is 556 g/mol. The lowest BCUT2D eigenvalue weighted by Crippen LogP contribution is -2.58. The topological polar surface area (TPSA) is 97.0 Å². The van der Waals surface area contributed by atoms with E-state index in [4.69, 9.17) is 9.47 Å². The largest absolute Gasteiger partial charge is 0.382 e. The Morgan fingerprint density at radius 2 is 2.05 bits per heavy atom. The molecule has 3 amide bonds. The van der Waals surface area contributed by atoms with Gasteiger partial charge in [0.05, 0.1) is 17.9 Å². The Bertz CT molecular complexity index is 1130. The Kier molecular flexibility index (Phi) is 8.40. The SMILES string of the molecule is CCOCCCN1C(=O)[C@@H]2[C@H](C(=O)Nc3cccc(SC)c3)[C@@H]3C=C[C@@]2(O3)[C@@H]1C(=O)N[C@@H]1CCC[C@@H](C)[C@H]1C. The molecule has 2 N–H and O–H groups in total. The van der Waals surface area contributed by atoms with Crippen LogP contribution in [0.2, 0.25) is 0 Å². The number of ether oxygens (including phenoxy) is 2. The van der Waals surface area contributed by atoms with Crippen LogP contribution in [0.3, 0.4) is 0 Å². The summed E-state index contributed by atoms with van der Waals surface area (Å²) in [5, 5.41) is 6.31.